The molecule has 0 saturated heterocycles. The molecule has 0 aliphatic carbocycles. The average Bonchev–Trinajstić information content (AvgIpc) is 2.56. The highest BCUT2D eigenvalue weighted by atomic mass is 32.2. The van der Waals surface area contributed by atoms with Crippen LogP contribution in [-0.4, -0.2) is 18.4 Å². The van der Waals surface area contributed by atoms with E-state index in [2.05, 4.69) is 14.7 Å². The predicted molar refractivity (Wildman–Crippen MR) is 89.1 cm³/mol. The molecule has 0 aliphatic heterocycles. The Morgan fingerprint density at radius 2 is 1.61 bits per heavy atom. The summed E-state index contributed by atoms with van der Waals surface area (Å²) >= 11 is 0. The summed E-state index contributed by atoms with van der Waals surface area (Å²) in [5.74, 6) is 0.191. The Kier molecular flexibility index (Phi) is 3.94. The van der Waals surface area contributed by atoms with Gasteiger partial charge in [-0.2, -0.15) is 0 Å². The fourth-order valence-corrected chi connectivity index (χ4v) is 3.14. The lowest BCUT2D eigenvalue weighted by Gasteiger charge is -2.09. The topological polar surface area (TPSA) is 98.0 Å². The second-order valence-corrected chi connectivity index (χ2v) is 6.48. The van der Waals surface area contributed by atoms with E-state index in [0.717, 1.165) is 5.56 Å². The van der Waals surface area contributed by atoms with Crippen molar-refractivity contribution in [3.63, 3.8) is 0 Å². The first-order chi connectivity index (χ1) is 11.0. The number of hydrogen-bond acceptors (Lipinski definition) is 5. The highest BCUT2D eigenvalue weighted by Gasteiger charge is 2.13. The summed E-state index contributed by atoms with van der Waals surface area (Å²) in [6.07, 6.45) is 1.57. The summed E-state index contributed by atoms with van der Waals surface area (Å²) in [6.45, 7) is 0. The predicted octanol–water partition coefficient (Wildman–Crippen LogP) is 2.53. The zero-order valence-electron chi connectivity index (χ0n) is 12.0. The van der Waals surface area contributed by atoms with Crippen LogP contribution in [0.4, 0.5) is 11.6 Å². The van der Waals surface area contributed by atoms with Crippen LogP contribution in [0.3, 0.4) is 0 Å². The van der Waals surface area contributed by atoms with E-state index in [1.54, 1.807) is 66.9 Å². The third kappa shape index (κ3) is 3.46. The second kappa shape index (κ2) is 6.05. The van der Waals surface area contributed by atoms with Crippen LogP contribution in [0.1, 0.15) is 0 Å². The molecule has 3 N–H and O–H groups in total. The lowest BCUT2D eigenvalue weighted by molar-refractivity contribution is 0.601. The molecule has 1 aromatic heterocycles. The Morgan fingerprint density at radius 1 is 0.913 bits per heavy atom. The molecule has 1 heterocycles. The zero-order valence-corrected chi connectivity index (χ0v) is 12.9. The van der Waals surface area contributed by atoms with Gasteiger partial charge >= 0.3 is 0 Å². The minimum atomic E-state index is -3.59. The van der Waals surface area contributed by atoms with E-state index in [9.17, 15) is 8.42 Å². The largest absolute Gasteiger partial charge is 0.368 e. The second-order valence-electron chi connectivity index (χ2n) is 4.80. The Balaban J connectivity index is 1.83. The van der Waals surface area contributed by atoms with Gasteiger partial charge in [-0.25, -0.2) is 18.4 Å². The molecule has 0 radical (unpaired) electrons. The average molecular weight is 326 g/mol. The van der Waals surface area contributed by atoms with Gasteiger partial charge < -0.3 is 5.73 Å². The first-order valence-electron chi connectivity index (χ1n) is 6.81. The van der Waals surface area contributed by atoms with Gasteiger partial charge in [-0.05, 0) is 30.3 Å². The van der Waals surface area contributed by atoms with Gasteiger partial charge in [0.1, 0.15) is 0 Å². The first-order valence-corrected chi connectivity index (χ1v) is 8.30. The number of anilines is 2. The molecule has 3 aromatic rings. The molecule has 116 valence electrons. The Labute approximate surface area is 134 Å². The van der Waals surface area contributed by atoms with Crippen molar-refractivity contribution in [1.82, 2.24) is 9.97 Å². The molecule has 0 amide bonds. The fraction of sp³-hybridized carbons (Fsp3) is 0. The Hall–Kier alpha value is -2.93. The van der Waals surface area contributed by atoms with Crippen LogP contribution in [-0.2, 0) is 10.0 Å². The van der Waals surface area contributed by atoms with Gasteiger partial charge in [0, 0.05) is 17.4 Å². The number of benzene rings is 2. The molecule has 2 aromatic carbocycles. The van der Waals surface area contributed by atoms with E-state index in [0.29, 0.717) is 11.4 Å². The minimum Gasteiger partial charge on any atom is -0.368 e. The van der Waals surface area contributed by atoms with Crippen LogP contribution in [0.5, 0.6) is 0 Å². The van der Waals surface area contributed by atoms with Crippen molar-refractivity contribution in [1.29, 1.82) is 0 Å². The summed E-state index contributed by atoms with van der Waals surface area (Å²) in [5.41, 5.74) is 7.53. The van der Waals surface area contributed by atoms with Crippen molar-refractivity contribution in [2.45, 2.75) is 4.90 Å². The van der Waals surface area contributed by atoms with Gasteiger partial charge in [0.15, 0.2) is 0 Å². The number of hydrogen-bond donors (Lipinski definition) is 2. The number of nitrogens with one attached hydrogen (secondary N) is 1. The normalized spacial score (nSPS) is 11.1. The molecule has 7 heteroatoms. The fourth-order valence-electron chi connectivity index (χ4n) is 2.06. The van der Waals surface area contributed by atoms with Crippen LogP contribution in [0.2, 0.25) is 0 Å². The van der Waals surface area contributed by atoms with Gasteiger partial charge in [0.25, 0.3) is 10.0 Å². The van der Waals surface area contributed by atoms with Gasteiger partial charge in [-0.3, -0.25) is 4.72 Å². The van der Waals surface area contributed by atoms with E-state index in [4.69, 9.17) is 5.73 Å². The summed E-state index contributed by atoms with van der Waals surface area (Å²) in [6, 6.07) is 16.8. The van der Waals surface area contributed by atoms with Crippen LogP contribution in [0.15, 0.2) is 71.8 Å². The Morgan fingerprint density at radius 3 is 2.26 bits per heavy atom. The highest BCUT2D eigenvalue weighted by molar-refractivity contribution is 7.92. The smallest absolute Gasteiger partial charge is 0.261 e. The zero-order chi connectivity index (χ0) is 16.3. The molecule has 0 unspecified atom stereocenters. The molecule has 0 spiro atoms. The van der Waals surface area contributed by atoms with Crippen molar-refractivity contribution in [3.8, 4) is 11.3 Å². The molecular weight excluding hydrogens is 312 g/mol. The van der Waals surface area contributed by atoms with Crippen molar-refractivity contribution in [2.75, 3.05) is 10.5 Å². The monoisotopic (exact) mass is 326 g/mol. The van der Waals surface area contributed by atoms with E-state index in [1.807, 2.05) is 0 Å². The molecule has 0 bridgehead atoms. The lowest BCUT2D eigenvalue weighted by atomic mass is 10.1. The summed E-state index contributed by atoms with van der Waals surface area (Å²) < 4.78 is 27.0. The van der Waals surface area contributed by atoms with Gasteiger partial charge in [0.05, 0.1) is 10.6 Å². The molecule has 0 fully saturated rings. The number of nitrogens with zero attached hydrogens (tertiary/aromatic N) is 2. The maximum Gasteiger partial charge on any atom is 0.261 e. The molecule has 3 rings (SSSR count). The highest BCUT2D eigenvalue weighted by Crippen LogP contribution is 2.21. The first kappa shape index (κ1) is 15.0. The van der Waals surface area contributed by atoms with E-state index in [-0.39, 0.29) is 10.8 Å². The van der Waals surface area contributed by atoms with Crippen LogP contribution < -0.4 is 10.5 Å². The quantitative estimate of drug-likeness (QED) is 0.767. The number of sulfonamides is 1. The molecule has 0 aliphatic rings. The number of rotatable bonds is 4. The molecule has 23 heavy (non-hydrogen) atoms. The molecular formula is C16H14N4O2S. The van der Waals surface area contributed by atoms with E-state index < -0.39 is 10.0 Å². The molecule has 0 saturated carbocycles. The lowest BCUT2D eigenvalue weighted by Crippen LogP contribution is -2.12. The van der Waals surface area contributed by atoms with Crippen LogP contribution in [0.25, 0.3) is 11.3 Å². The Bertz CT molecular complexity index is 910. The third-order valence-corrected chi connectivity index (χ3v) is 4.56. The minimum absolute atomic E-state index is 0.191. The standard InChI is InChI=1S/C16H14N4O2S/c17-16-18-11-10-15(19-16)12-6-8-13(9-7-12)20-23(21,22)14-4-2-1-3-5-14/h1-11,20H,(H2,17,18,19). The molecule has 6 nitrogen and oxygen atoms in total. The van der Waals surface area contributed by atoms with Gasteiger partial charge in [-0.1, -0.05) is 30.3 Å². The van der Waals surface area contributed by atoms with E-state index >= 15 is 0 Å². The van der Waals surface area contributed by atoms with Crippen molar-refractivity contribution in [2.24, 2.45) is 0 Å². The maximum atomic E-state index is 12.3. The summed E-state index contributed by atoms with van der Waals surface area (Å²) in [5, 5.41) is 0. The maximum absolute atomic E-state index is 12.3. The third-order valence-electron chi connectivity index (χ3n) is 3.16. The van der Waals surface area contributed by atoms with Crippen molar-refractivity contribution >= 4 is 21.7 Å². The van der Waals surface area contributed by atoms with Crippen LogP contribution in [0, 0.1) is 0 Å². The van der Waals surface area contributed by atoms with Crippen molar-refractivity contribution < 1.29 is 8.42 Å². The van der Waals surface area contributed by atoms with Gasteiger partial charge in [-0.15, -0.1) is 0 Å². The van der Waals surface area contributed by atoms with Crippen molar-refractivity contribution in [3.05, 3.63) is 66.9 Å². The van der Waals surface area contributed by atoms with Gasteiger partial charge in [0.2, 0.25) is 5.95 Å². The molecule has 0 atom stereocenters. The summed E-state index contributed by atoms with van der Waals surface area (Å²) in [7, 11) is -3.59. The van der Waals surface area contributed by atoms with E-state index in [1.165, 1.54) is 0 Å². The summed E-state index contributed by atoms with van der Waals surface area (Å²) in [4.78, 5) is 8.18. The SMILES string of the molecule is Nc1nccc(-c2ccc(NS(=O)(=O)c3ccccc3)cc2)n1. The van der Waals surface area contributed by atoms with Crippen LogP contribution >= 0.6 is 0 Å². The number of nitrogen functional groups attached to an aromatic ring is 1. The number of nitrogens with two attached hydrogens (primary N) is 1. The number of aromatic nitrogens is 2.